The third-order valence-electron chi connectivity index (χ3n) is 7.38. The predicted octanol–water partition coefficient (Wildman–Crippen LogP) is 7.27. The van der Waals surface area contributed by atoms with Gasteiger partial charge in [-0.15, -0.1) is 0 Å². The standard InChI is InChI=1S/C27H62F4O11Si6/c1-33-15-13-18-44(5,6)41-46(9,10)20-17-43(32)40-39-24-26(28,29)23-38-27(30,31)25-37-16-14-19-45(7,8)42-47(11,12)21-22-48(34-2,35-3)36-4/h13-25H2,1-12H3. The lowest BCUT2D eigenvalue weighted by atomic mass is 10.4. The fourth-order valence-electron chi connectivity index (χ4n) is 5.06. The van der Waals surface area contributed by atoms with E-state index in [0.29, 0.717) is 31.2 Å². The van der Waals surface area contributed by atoms with E-state index in [4.69, 9.17) is 31.0 Å². The second-order valence-corrected chi connectivity index (χ2v) is 36.5. The van der Waals surface area contributed by atoms with Crippen LogP contribution in [0.2, 0.25) is 88.6 Å². The SMILES string of the molecule is COCCC[Si](C)(C)O[Si](C)(C)CC[Si](=O)OOCC(F)(F)COC(F)(F)COCCC[Si](C)(C)O[Si](C)(C)CC[Si](OC)(OC)OC. The van der Waals surface area contributed by atoms with Gasteiger partial charge in [-0.25, -0.2) is 8.78 Å². The van der Waals surface area contributed by atoms with Crippen LogP contribution in [0, 0.1) is 0 Å². The first kappa shape index (κ1) is 48.3. The molecule has 0 aliphatic rings. The summed E-state index contributed by atoms with van der Waals surface area (Å²) in [5, 5.41) is 0. The molecule has 0 aromatic rings. The third-order valence-corrected chi connectivity index (χ3v) is 26.9. The lowest BCUT2D eigenvalue weighted by molar-refractivity contribution is -0.310. The maximum atomic E-state index is 14.1. The van der Waals surface area contributed by atoms with Gasteiger partial charge in [-0.1, -0.05) is 0 Å². The maximum Gasteiger partial charge on any atom is 0.537 e. The van der Waals surface area contributed by atoms with Gasteiger partial charge in [0.1, 0.15) is 13.2 Å². The predicted molar refractivity (Wildman–Crippen MR) is 189 cm³/mol. The maximum absolute atomic E-state index is 14.1. The Balaban J connectivity index is 4.45. The molecular formula is C27H62F4O11Si6. The van der Waals surface area contributed by atoms with E-state index in [0.717, 1.165) is 18.5 Å². The summed E-state index contributed by atoms with van der Waals surface area (Å²) in [4.78, 5) is 4.46. The average Bonchev–Trinajstić information content (AvgIpc) is 2.95. The second kappa shape index (κ2) is 21.7. The summed E-state index contributed by atoms with van der Waals surface area (Å²) in [5.41, 5.74) is 0. The van der Waals surface area contributed by atoms with E-state index in [1.807, 2.05) is 13.1 Å². The smallest absolute Gasteiger partial charge is 0.456 e. The van der Waals surface area contributed by atoms with Crippen LogP contribution in [-0.2, 0) is 49.6 Å². The summed E-state index contributed by atoms with van der Waals surface area (Å²) in [5.74, 6) is -3.80. The number of hydrogen-bond donors (Lipinski definition) is 0. The molecule has 11 nitrogen and oxygen atoms in total. The van der Waals surface area contributed by atoms with Gasteiger partial charge in [-0.05, 0) is 89.4 Å². The Bertz CT molecular complexity index is 909. The molecule has 0 rings (SSSR count). The zero-order valence-corrected chi connectivity index (χ0v) is 37.2. The highest BCUT2D eigenvalue weighted by molar-refractivity contribution is 6.86. The fourth-order valence-corrected chi connectivity index (χ4v) is 28.9. The van der Waals surface area contributed by atoms with Crippen molar-refractivity contribution in [3.63, 3.8) is 0 Å². The second-order valence-electron chi connectivity index (χ2n) is 14.3. The lowest BCUT2D eigenvalue weighted by Gasteiger charge is -2.35. The minimum absolute atomic E-state index is 0.00635. The van der Waals surface area contributed by atoms with Crippen LogP contribution in [0.15, 0.2) is 0 Å². The van der Waals surface area contributed by atoms with Gasteiger partial charge in [0.15, 0.2) is 39.9 Å². The summed E-state index contributed by atoms with van der Waals surface area (Å²) < 4.78 is 117. The van der Waals surface area contributed by atoms with E-state index in [1.54, 1.807) is 28.4 Å². The number of rotatable bonds is 30. The summed E-state index contributed by atoms with van der Waals surface area (Å²) in [7, 11) is -7.53. The van der Waals surface area contributed by atoms with Crippen molar-refractivity contribution in [2.45, 2.75) is 114 Å². The van der Waals surface area contributed by atoms with E-state index in [1.165, 1.54) is 0 Å². The van der Waals surface area contributed by atoms with Crippen molar-refractivity contribution >= 4 is 51.0 Å². The van der Waals surface area contributed by atoms with Gasteiger partial charge in [0.05, 0.1) is 0 Å². The minimum Gasteiger partial charge on any atom is -0.456 e. The highest BCUT2D eigenvalue weighted by Gasteiger charge is 2.42. The molecule has 21 heteroatoms. The van der Waals surface area contributed by atoms with Gasteiger partial charge in [0.25, 0.3) is 5.92 Å². The van der Waals surface area contributed by atoms with Crippen molar-refractivity contribution in [2.24, 2.45) is 0 Å². The van der Waals surface area contributed by atoms with Crippen molar-refractivity contribution < 1.29 is 67.2 Å². The van der Waals surface area contributed by atoms with E-state index < -0.39 is 82.9 Å². The lowest BCUT2D eigenvalue weighted by Crippen LogP contribution is -2.48. The molecule has 0 aromatic carbocycles. The third kappa shape index (κ3) is 22.9. The van der Waals surface area contributed by atoms with Crippen molar-refractivity contribution in [3.05, 3.63) is 0 Å². The first-order valence-electron chi connectivity index (χ1n) is 16.2. The summed E-state index contributed by atoms with van der Waals surface area (Å²) in [6.07, 6.45) is -2.58. The highest BCUT2D eigenvalue weighted by atomic mass is 28.4. The molecule has 0 fully saturated rings. The van der Waals surface area contributed by atoms with Gasteiger partial charge < -0.3 is 44.8 Å². The molecule has 0 aliphatic carbocycles. The zero-order chi connectivity index (χ0) is 37.3. The van der Waals surface area contributed by atoms with Gasteiger partial charge >= 0.3 is 23.8 Å². The number of halogens is 4. The number of methoxy groups -OCH3 is 1. The molecular weight excluding hydrogens is 745 g/mol. The summed E-state index contributed by atoms with van der Waals surface area (Å²) in [6, 6.07) is 3.59. The normalized spacial score (nSPS) is 14.1. The van der Waals surface area contributed by atoms with E-state index in [2.05, 4.69) is 53.5 Å². The molecule has 0 spiro atoms. The number of alkyl halides is 4. The quantitative estimate of drug-likeness (QED) is 0.0241. The molecule has 288 valence electrons. The van der Waals surface area contributed by atoms with Crippen molar-refractivity contribution in [2.75, 3.05) is 61.5 Å². The molecule has 0 heterocycles. The first-order chi connectivity index (χ1) is 21.9. The van der Waals surface area contributed by atoms with Gasteiger partial charge in [-0.2, -0.15) is 13.7 Å². The van der Waals surface area contributed by atoms with Crippen LogP contribution in [0.1, 0.15) is 12.8 Å². The molecule has 48 heavy (non-hydrogen) atoms. The van der Waals surface area contributed by atoms with Gasteiger partial charge in [-0.3, -0.25) is 0 Å². The van der Waals surface area contributed by atoms with Crippen molar-refractivity contribution in [1.82, 2.24) is 0 Å². The van der Waals surface area contributed by atoms with Crippen molar-refractivity contribution in [3.8, 4) is 0 Å². The molecule has 0 aromatic heterocycles. The topological polar surface area (TPSA) is 109 Å². The molecule has 0 N–H and O–H groups in total. The monoisotopic (exact) mass is 806 g/mol. The molecule has 0 amide bonds. The molecule has 0 atom stereocenters. The van der Waals surface area contributed by atoms with E-state index in [9.17, 15) is 22.0 Å². The van der Waals surface area contributed by atoms with Gasteiger partial charge in [0.2, 0.25) is 0 Å². The van der Waals surface area contributed by atoms with E-state index in [-0.39, 0.29) is 12.7 Å². The Hall–Kier alpha value is 0.261. The zero-order valence-electron chi connectivity index (χ0n) is 31.2. The first-order valence-corrected chi connectivity index (χ1v) is 32.1. The van der Waals surface area contributed by atoms with Crippen LogP contribution in [-0.4, -0.2) is 125 Å². The Labute approximate surface area is 292 Å². The molecule has 0 saturated carbocycles. The largest absolute Gasteiger partial charge is 0.537 e. The Kier molecular flexibility index (Phi) is 21.8. The number of ether oxygens (including phenoxy) is 3. The van der Waals surface area contributed by atoms with Crippen LogP contribution in [0.25, 0.3) is 0 Å². The molecule has 0 saturated heterocycles. The summed E-state index contributed by atoms with van der Waals surface area (Å²) in [6.45, 7) is 13.0. The van der Waals surface area contributed by atoms with Crippen LogP contribution in [0.4, 0.5) is 17.6 Å². The molecule has 0 aliphatic heterocycles. The van der Waals surface area contributed by atoms with Crippen LogP contribution in [0.3, 0.4) is 0 Å². The Morgan fingerprint density at radius 3 is 1.58 bits per heavy atom. The fraction of sp³-hybridized carbons (Fsp3) is 1.00. The minimum atomic E-state index is -3.94. The summed E-state index contributed by atoms with van der Waals surface area (Å²) >= 11 is 0. The van der Waals surface area contributed by atoms with Crippen LogP contribution in [0.5, 0.6) is 0 Å². The van der Waals surface area contributed by atoms with Gasteiger partial charge in [0, 0.05) is 53.7 Å². The highest BCUT2D eigenvalue weighted by Crippen LogP contribution is 2.28. The van der Waals surface area contributed by atoms with Crippen LogP contribution < -0.4 is 0 Å². The molecule has 0 bridgehead atoms. The molecule has 0 unspecified atom stereocenters. The number of hydrogen-bond acceptors (Lipinski definition) is 11. The van der Waals surface area contributed by atoms with E-state index >= 15 is 0 Å². The Morgan fingerprint density at radius 1 is 0.604 bits per heavy atom. The average molecular weight is 807 g/mol. The van der Waals surface area contributed by atoms with Crippen LogP contribution >= 0.6 is 0 Å². The van der Waals surface area contributed by atoms with Crippen molar-refractivity contribution in [1.29, 1.82) is 0 Å². The molecule has 0 radical (unpaired) electrons. The Morgan fingerprint density at radius 2 is 1.08 bits per heavy atom.